The number of halogens is 1. The molecule has 0 bridgehead atoms. The van der Waals surface area contributed by atoms with Gasteiger partial charge in [0.15, 0.2) is 0 Å². The van der Waals surface area contributed by atoms with Crippen molar-refractivity contribution < 1.29 is 5.11 Å². The molecule has 0 aromatic heterocycles. The SMILES string of the molecule is NCc1cc(C[O])ccc1Br. The molecule has 1 aromatic rings. The molecule has 1 radical (unpaired) electrons. The molecule has 0 aliphatic rings. The minimum atomic E-state index is -0.180. The highest BCUT2D eigenvalue weighted by Gasteiger charge is 1.98. The van der Waals surface area contributed by atoms with Crippen molar-refractivity contribution in [2.45, 2.75) is 13.2 Å². The lowest BCUT2D eigenvalue weighted by Gasteiger charge is -2.01. The van der Waals surface area contributed by atoms with Gasteiger partial charge in [-0.2, -0.15) is 0 Å². The van der Waals surface area contributed by atoms with Gasteiger partial charge in [-0.25, -0.2) is 5.11 Å². The summed E-state index contributed by atoms with van der Waals surface area (Å²) in [4.78, 5) is 0. The van der Waals surface area contributed by atoms with Crippen LogP contribution in [-0.2, 0) is 18.3 Å². The summed E-state index contributed by atoms with van der Waals surface area (Å²) in [7, 11) is 0. The first-order valence-corrected chi connectivity index (χ1v) is 4.12. The van der Waals surface area contributed by atoms with E-state index in [2.05, 4.69) is 15.9 Å². The average molecular weight is 215 g/mol. The van der Waals surface area contributed by atoms with Gasteiger partial charge in [-0.3, -0.25) is 0 Å². The van der Waals surface area contributed by atoms with Crippen LogP contribution >= 0.6 is 15.9 Å². The number of rotatable bonds is 2. The van der Waals surface area contributed by atoms with E-state index in [4.69, 9.17) is 5.73 Å². The maximum absolute atomic E-state index is 10.5. The zero-order valence-corrected chi connectivity index (χ0v) is 7.60. The zero-order chi connectivity index (χ0) is 8.27. The number of benzene rings is 1. The van der Waals surface area contributed by atoms with Crippen LogP contribution in [0.25, 0.3) is 0 Å². The van der Waals surface area contributed by atoms with Crippen LogP contribution in [-0.4, -0.2) is 0 Å². The van der Waals surface area contributed by atoms with Gasteiger partial charge >= 0.3 is 0 Å². The maximum Gasteiger partial charge on any atom is 0.107 e. The van der Waals surface area contributed by atoms with Crippen LogP contribution in [0.5, 0.6) is 0 Å². The van der Waals surface area contributed by atoms with E-state index < -0.39 is 0 Å². The Morgan fingerprint density at radius 1 is 1.45 bits per heavy atom. The van der Waals surface area contributed by atoms with Crippen LogP contribution < -0.4 is 5.73 Å². The molecule has 0 amide bonds. The molecular formula is C8H9BrNO. The van der Waals surface area contributed by atoms with Crippen LogP contribution in [0.3, 0.4) is 0 Å². The molecule has 2 N–H and O–H groups in total. The fourth-order valence-corrected chi connectivity index (χ4v) is 1.28. The van der Waals surface area contributed by atoms with Crippen molar-refractivity contribution in [1.82, 2.24) is 0 Å². The van der Waals surface area contributed by atoms with Crippen LogP contribution in [0.4, 0.5) is 0 Å². The molecule has 0 saturated heterocycles. The first kappa shape index (κ1) is 8.71. The highest BCUT2D eigenvalue weighted by atomic mass is 79.9. The van der Waals surface area contributed by atoms with E-state index in [9.17, 15) is 5.11 Å². The van der Waals surface area contributed by atoms with Crippen LogP contribution in [0.1, 0.15) is 11.1 Å². The van der Waals surface area contributed by atoms with E-state index >= 15 is 0 Å². The van der Waals surface area contributed by atoms with E-state index in [1.165, 1.54) is 0 Å². The summed E-state index contributed by atoms with van der Waals surface area (Å²) in [6.45, 7) is 0.286. The molecule has 1 rings (SSSR count). The Morgan fingerprint density at radius 3 is 2.73 bits per heavy atom. The summed E-state index contributed by atoms with van der Waals surface area (Å²) < 4.78 is 0.970. The highest BCUT2D eigenvalue weighted by Crippen LogP contribution is 2.17. The van der Waals surface area contributed by atoms with Crippen molar-refractivity contribution >= 4 is 15.9 Å². The van der Waals surface area contributed by atoms with Crippen LogP contribution in [0, 0.1) is 0 Å². The van der Waals surface area contributed by atoms with Crippen molar-refractivity contribution in [2.75, 3.05) is 0 Å². The average Bonchev–Trinajstić information content (AvgIpc) is 2.05. The summed E-state index contributed by atoms with van der Waals surface area (Å²) in [5.41, 5.74) is 7.21. The molecule has 0 aliphatic carbocycles. The number of hydrogen-bond donors (Lipinski definition) is 1. The molecule has 0 fully saturated rings. The van der Waals surface area contributed by atoms with Gasteiger partial charge in [0, 0.05) is 11.0 Å². The fraction of sp³-hybridized carbons (Fsp3) is 0.250. The van der Waals surface area contributed by atoms with Crippen molar-refractivity contribution in [3.8, 4) is 0 Å². The molecule has 11 heavy (non-hydrogen) atoms. The van der Waals surface area contributed by atoms with Gasteiger partial charge in [0.05, 0.1) is 0 Å². The van der Waals surface area contributed by atoms with Gasteiger partial charge in [0.2, 0.25) is 0 Å². The summed E-state index contributed by atoms with van der Waals surface area (Å²) in [6, 6.07) is 5.49. The molecule has 0 aliphatic heterocycles. The van der Waals surface area contributed by atoms with E-state index in [0.717, 1.165) is 15.6 Å². The van der Waals surface area contributed by atoms with E-state index in [-0.39, 0.29) is 6.61 Å². The number of hydrogen-bond acceptors (Lipinski definition) is 1. The van der Waals surface area contributed by atoms with Gasteiger partial charge in [0.25, 0.3) is 0 Å². The van der Waals surface area contributed by atoms with E-state index in [0.29, 0.717) is 6.54 Å². The van der Waals surface area contributed by atoms with Crippen molar-refractivity contribution in [1.29, 1.82) is 0 Å². The molecular weight excluding hydrogens is 206 g/mol. The molecule has 0 heterocycles. The molecule has 2 nitrogen and oxygen atoms in total. The quantitative estimate of drug-likeness (QED) is 0.803. The Hall–Kier alpha value is -0.380. The highest BCUT2D eigenvalue weighted by molar-refractivity contribution is 9.10. The van der Waals surface area contributed by atoms with Crippen molar-refractivity contribution in [2.24, 2.45) is 5.73 Å². The second kappa shape index (κ2) is 3.85. The standard InChI is InChI=1S/C8H9BrNO/c9-8-2-1-6(5-11)3-7(8)4-10/h1-3H,4-5,10H2. The molecule has 59 valence electrons. The molecule has 0 saturated carbocycles. The van der Waals surface area contributed by atoms with Gasteiger partial charge in [-0.15, -0.1) is 0 Å². The molecule has 0 unspecified atom stereocenters. The lowest BCUT2D eigenvalue weighted by Crippen LogP contribution is -1.98. The summed E-state index contributed by atoms with van der Waals surface area (Å²) in [5.74, 6) is 0. The monoisotopic (exact) mass is 214 g/mol. The van der Waals surface area contributed by atoms with Crippen LogP contribution in [0.2, 0.25) is 0 Å². The Balaban J connectivity index is 3.02. The second-order valence-electron chi connectivity index (χ2n) is 2.27. The molecule has 3 heteroatoms. The molecule has 0 spiro atoms. The van der Waals surface area contributed by atoms with Gasteiger partial charge in [-0.05, 0) is 17.2 Å². The first-order valence-electron chi connectivity index (χ1n) is 3.33. The summed E-state index contributed by atoms with van der Waals surface area (Å²) >= 11 is 3.34. The zero-order valence-electron chi connectivity index (χ0n) is 6.01. The van der Waals surface area contributed by atoms with E-state index in [1.807, 2.05) is 12.1 Å². The summed E-state index contributed by atoms with van der Waals surface area (Å²) in [5, 5.41) is 10.5. The van der Waals surface area contributed by atoms with Gasteiger partial charge in [-0.1, -0.05) is 28.1 Å². The van der Waals surface area contributed by atoms with E-state index in [1.54, 1.807) is 6.07 Å². The Labute approximate surface area is 74.2 Å². The predicted octanol–water partition coefficient (Wildman–Crippen LogP) is 1.84. The minimum Gasteiger partial charge on any atom is -0.326 e. The molecule has 0 atom stereocenters. The van der Waals surface area contributed by atoms with Gasteiger partial charge in [0.1, 0.15) is 6.61 Å². The Kier molecular flexibility index (Phi) is 3.05. The lowest BCUT2D eigenvalue weighted by molar-refractivity contribution is 0.177. The number of nitrogens with two attached hydrogens (primary N) is 1. The maximum atomic E-state index is 10.5. The third-order valence-corrected chi connectivity index (χ3v) is 2.27. The van der Waals surface area contributed by atoms with Crippen molar-refractivity contribution in [3.05, 3.63) is 33.8 Å². The molecule has 1 aromatic carbocycles. The predicted molar refractivity (Wildman–Crippen MR) is 46.4 cm³/mol. The minimum absolute atomic E-state index is 0.180. The third-order valence-electron chi connectivity index (χ3n) is 1.50. The lowest BCUT2D eigenvalue weighted by atomic mass is 10.1. The fourth-order valence-electron chi connectivity index (χ4n) is 0.874. The third kappa shape index (κ3) is 2.02. The first-order chi connectivity index (χ1) is 5.27. The largest absolute Gasteiger partial charge is 0.326 e. The smallest absolute Gasteiger partial charge is 0.107 e. The van der Waals surface area contributed by atoms with Crippen molar-refractivity contribution in [3.63, 3.8) is 0 Å². The second-order valence-corrected chi connectivity index (χ2v) is 3.13. The Bertz CT molecular complexity index is 250. The van der Waals surface area contributed by atoms with Gasteiger partial charge < -0.3 is 5.73 Å². The summed E-state index contributed by atoms with van der Waals surface area (Å²) in [6.07, 6.45) is 0. The van der Waals surface area contributed by atoms with Crippen LogP contribution in [0.15, 0.2) is 22.7 Å². The topological polar surface area (TPSA) is 45.9 Å². The normalized spacial score (nSPS) is 10.1. The Morgan fingerprint density at radius 2 is 2.18 bits per heavy atom.